The highest BCUT2D eigenvalue weighted by molar-refractivity contribution is 9.11. The van der Waals surface area contributed by atoms with Crippen molar-refractivity contribution < 1.29 is 4.74 Å². The molecule has 1 saturated heterocycles. The van der Waals surface area contributed by atoms with Gasteiger partial charge in [-0.25, -0.2) is 0 Å². The van der Waals surface area contributed by atoms with E-state index in [0.717, 1.165) is 28.6 Å². The van der Waals surface area contributed by atoms with Crippen LogP contribution in [0.3, 0.4) is 0 Å². The third-order valence-electron chi connectivity index (χ3n) is 4.09. The number of hydrogen-bond donors (Lipinski definition) is 1. The minimum Gasteiger partial charge on any atom is -0.376 e. The van der Waals surface area contributed by atoms with Crippen LogP contribution in [-0.2, 0) is 11.3 Å². The molecule has 1 heterocycles. The molecule has 0 spiro atoms. The number of nitrogens with one attached hydrogen (secondary N) is 1. The van der Waals surface area contributed by atoms with Crippen LogP contribution in [0.15, 0.2) is 57.5 Å². The zero-order valence-corrected chi connectivity index (χ0v) is 15.4. The summed E-state index contributed by atoms with van der Waals surface area (Å²) in [6.45, 7) is 3.51. The highest BCUT2D eigenvalue weighted by Crippen LogP contribution is 2.28. The highest BCUT2D eigenvalue weighted by atomic mass is 79.9. The van der Waals surface area contributed by atoms with Crippen molar-refractivity contribution in [3.05, 3.63) is 68.6 Å². The van der Waals surface area contributed by atoms with Gasteiger partial charge in [-0.1, -0.05) is 62.2 Å². The summed E-state index contributed by atoms with van der Waals surface area (Å²) in [7, 11) is 0. The first-order valence-electron chi connectivity index (χ1n) is 7.51. The van der Waals surface area contributed by atoms with Gasteiger partial charge in [0.1, 0.15) is 0 Å². The van der Waals surface area contributed by atoms with Crippen molar-refractivity contribution in [3.63, 3.8) is 0 Å². The lowest BCUT2D eigenvalue weighted by molar-refractivity contribution is 0.0876. The molecule has 4 heteroatoms. The second-order valence-corrected chi connectivity index (χ2v) is 7.56. The second-order valence-electron chi connectivity index (χ2n) is 5.73. The van der Waals surface area contributed by atoms with Gasteiger partial charge in [-0.05, 0) is 29.3 Å². The van der Waals surface area contributed by atoms with Crippen LogP contribution in [0, 0.1) is 5.92 Å². The van der Waals surface area contributed by atoms with Gasteiger partial charge in [-0.3, -0.25) is 0 Å². The molecule has 0 radical (unpaired) electrons. The van der Waals surface area contributed by atoms with Gasteiger partial charge < -0.3 is 10.1 Å². The van der Waals surface area contributed by atoms with E-state index in [1.165, 1.54) is 11.1 Å². The summed E-state index contributed by atoms with van der Waals surface area (Å²) < 4.78 is 8.13. The van der Waals surface area contributed by atoms with Gasteiger partial charge in [0.25, 0.3) is 0 Å². The first-order chi connectivity index (χ1) is 10.7. The van der Waals surface area contributed by atoms with E-state index in [9.17, 15) is 0 Å². The summed E-state index contributed by atoms with van der Waals surface area (Å²) >= 11 is 7.03. The molecule has 0 aromatic heterocycles. The number of ether oxygens (including phenoxy) is 1. The van der Waals surface area contributed by atoms with Gasteiger partial charge >= 0.3 is 0 Å². The lowest BCUT2D eigenvalue weighted by Gasteiger charge is -2.19. The number of benzene rings is 2. The maximum atomic E-state index is 5.98. The van der Waals surface area contributed by atoms with Crippen molar-refractivity contribution in [1.82, 2.24) is 5.32 Å². The Balaban J connectivity index is 1.56. The molecule has 1 N–H and O–H groups in total. The Kier molecular flexibility index (Phi) is 5.69. The Bertz CT molecular complexity index is 597. The molecule has 0 aliphatic carbocycles. The first-order valence-corrected chi connectivity index (χ1v) is 9.09. The van der Waals surface area contributed by atoms with E-state index in [1.807, 2.05) is 6.07 Å². The lowest BCUT2D eigenvalue weighted by Crippen LogP contribution is -2.17. The zero-order chi connectivity index (χ0) is 15.4. The second kappa shape index (κ2) is 7.73. The smallest absolute Gasteiger partial charge is 0.0717 e. The Labute approximate surface area is 148 Å². The normalized spacial score (nSPS) is 21.2. The van der Waals surface area contributed by atoms with Crippen LogP contribution >= 0.6 is 31.9 Å². The van der Waals surface area contributed by atoms with Crippen molar-refractivity contribution >= 4 is 31.9 Å². The van der Waals surface area contributed by atoms with Crippen molar-refractivity contribution in [1.29, 1.82) is 0 Å². The molecule has 1 aliphatic heterocycles. The van der Waals surface area contributed by atoms with Crippen molar-refractivity contribution in [3.8, 4) is 0 Å². The van der Waals surface area contributed by atoms with E-state index in [0.29, 0.717) is 18.4 Å². The topological polar surface area (TPSA) is 21.3 Å². The van der Waals surface area contributed by atoms with Crippen LogP contribution in [0.1, 0.15) is 17.0 Å². The van der Waals surface area contributed by atoms with Crippen molar-refractivity contribution in [2.45, 2.75) is 12.5 Å². The standard InChI is InChI=1S/C18H19Br2NO/c19-16-6-13(7-17(20)8-16)11-22-12-15-9-21-10-18(15)14-4-2-1-3-5-14/h1-8,15,18,21H,9-12H2/t15-,18?/m1/s1. The molecule has 3 rings (SSSR count). The van der Waals surface area contributed by atoms with Gasteiger partial charge in [0.15, 0.2) is 0 Å². The summed E-state index contributed by atoms with van der Waals surface area (Å²) in [4.78, 5) is 0. The fraction of sp³-hybridized carbons (Fsp3) is 0.333. The Morgan fingerprint density at radius 2 is 1.73 bits per heavy atom. The molecule has 2 nitrogen and oxygen atoms in total. The van der Waals surface area contributed by atoms with E-state index in [4.69, 9.17) is 4.74 Å². The number of rotatable bonds is 5. The van der Waals surface area contributed by atoms with E-state index in [-0.39, 0.29) is 0 Å². The lowest BCUT2D eigenvalue weighted by atomic mass is 9.89. The Morgan fingerprint density at radius 3 is 2.45 bits per heavy atom. The van der Waals surface area contributed by atoms with Crippen molar-refractivity contribution in [2.75, 3.05) is 19.7 Å². The molecule has 2 aromatic rings. The predicted octanol–water partition coefficient (Wildman–Crippen LogP) is 4.73. The van der Waals surface area contributed by atoms with Gasteiger partial charge in [0, 0.05) is 33.9 Å². The fourth-order valence-electron chi connectivity index (χ4n) is 3.02. The highest BCUT2D eigenvalue weighted by Gasteiger charge is 2.28. The largest absolute Gasteiger partial charge is 0.376 e. The molecular weight excluding hydrogens is 406 g/mol. The number of halogens is 2. The molecule has 0 bridgehead atoms. The van der Waals surface area contributed by atoms with Gasteiger partial charge in [0.2, 0.25) is 0 Å². The third kappa shape index (κ3) is 4.19. The summed E-state index contributed by atoms with van der Waals surface area (Å²) in [6.07, 6.45) is 0. The maximum Gasteiger partial charge on any atom is 0.0717 e. The van der Waals surface area contributed by atoms with E-state index in [1.54, 1.807) is 0 Å². The molecule has 0 amide bonds. The average Bonchev–Trinajstić information content (AvgIpc) is 2.96. The quantitative estimate of drug-likeness (QED) is 0.748. The fourth-order valence-corrected chi connectivity index (χ4v) is 4.41. The Hall–Kier alpha value is -0.680. The minimum atomic E-state index is 0.540. The van der Waals surface area contributed by atoms with Gasteiger partial charge in [-0.15, -0.1) is 0 Å². The maximum absolute atomic E-state index is 5.98. The van der Waals surface area contributed by atoms with Crippen LogP contribution in [0.25, 0.3) is 0 Å². The third-order valence-corrected chi connectivity index (χ3v) is 5.01. The van der Waals surface area contributed by atoms with E-state index >= 15 is 0 Å². The molecule has 22 heavy (non-hydrogen) atoms. The van der Waals surface area contributed by atoms with Crippen LogP contribution in [0.5, 0.6) is 0 Å². The molecule has 1 fully saturated rings. The summed E-state index contributed by atoms with van der Waals surface area (Å²) in [6, 6.07) is 17.0. The molecule has 1 aliphatic rings. The zero-order valence-electron chi connectivity index (χ0n) is 12.3. The summed E-state index contributed by atoms with van der Waals surface area (Å²) in [5, 5.41) is 3.49. The van der Waals surface area contributed by atoms with Gasteiger partial charge in [0.05, 0.1) is 13.2 Å². The molecule has 2 atom stereocenters. The summed E-state index contributed by atoms with van der Waals surface area (Å²) in [5.41, 5.74) is 2.59. The van der Waals surface area contributed by atoms with Gasteiger partial charge in [-0.2, -0.15) is 0 Å². The molecule has 1 unspecified atom stereocenters. The van der Waals surface area contributed by atoms with E-state index < -0.39 is 0 Å². The molecule has 0 saturated carbocycles. The number of hydrogen-bond acceptors (Lipinski definition) is 2. The Morgan fingerprint density at radius 1 is 1.00 bits per heavy atom. The summed E-state index contributed by atoms with van der Waals surface area (Å²) in [5.74, 6) is 1.09. The SMILES string of the molecule is Brc1cc(Br)cc(COC[C@H]2CNCC2c2ccccc2)c1. The molecule has 116 valence electrons. The average molecular weight is 425 g/mol. The van der Waals surface area contributed by atoms with Crippen LogP contribution in [0.4, 0.5) is 0 Å². The van der Waals surface area contributed by atoms with Crippen molar-refractivity contribution in [2.24, 2.45) is 5.92 Å². The predicted molar refractivity (Wildman–Crippen MR) is 97.0 cm³/mol. The molecular formula is C18H19Br2NO. The first kappa shape index (κ1) is 16.2. The van der Waals surface area contributed by atoms with Crippen LogP contribution in [0.2, 0.25) is 0 Å². The van der Waals surface area contributed by atoms with Crippen LogP contribution in [-0.4, -0.2) is 19.7 Å². The molecule has 2 aromatic carbocycles. The monoisotopic (exact) mass is 423 g/mol. The van der Waals surface area contributed by atoms with Crippen LogP contribution < -0.4 is 5.32 Å². The minimum absolute atomic E-state index is 0.540. The van der Waals surface area contributed by atoms with E-state index in [2.05, 4.69) is 79.6 Å².